The van der Waals surface area contributed by atoms with Crippen molar-refractivity contribution in [3.05, 3.63) is 34.9 Å². The van der Waals surface area contributed by atoms with Crippen molar-refractivity contribution in [3.63, 3.8) is 0 Å². The lowest BCUT2D eigenvalue weighted by molar-refractivity contribution is -0.120. The van der Waals surface area contributed by atoms with Crippen LogP contribution in [0.25, 0.3) is 0 Å². The number of imide groups is 1. The Morgan fingerprint density at radius 1 is 1.21 bits per heavy atom. The van der Waals surface area contributed by atoms with Crippen LogP contribution in [0, 0.1) is 0 Å². The van der Waals surface area contributed by atoms with Crippen LogP contribution in [0.3, 0.4) is 0 Å². The minimum atomic E-state index is -0.670. The highest BCUT2D eigenvalue weighted by atomic mass is 35.5. The van der Waals surface area contributed by atoms with Crippen molar-refractivity contribution in [2.75, 3.05) is 0 Å². The van der Waals surface area contributed by atoms with E-state index in [4.69, 9.17) is 11.6 Å². The Morgan fingerprint density at radius 3 is 2.50 bits per heavy atom. The second kappa shape index (κ2) is 3.31. The van der Waals surface area contributed by atoms with E-state index in [1.54, 1.807) is 24.3 Å². The number of hydrogen-bond donors (Lipinski definition) is 2. The van der Waals surface area contributed by atoms with Gasteiger partial charge in [-0.1, -0.05) is 29.8 Å². The summed E-state index contributed by atoms with van der Waals surface area (Å²) in [6.45, 7) is 0. The first-order valence-electron chi connectivity index (χ1n) is 4.04. The van der Waals surface area contributed by atoms with E-state index in [0.29, 0.717) is 10.6 Å². The van der Waals surface area contributed by atoms with Gasteiger partial charge in [0.15, 0.2) is 0 Å². The van der Waals surface area contributed by atoms with Gasteiger partial charge in [0, 0.05) is 10.6 Å². The molecule has 1 aliphatic rings. The monoisotopic (exact) mass is 210 g/mol. The summed E-state index contributed by atoms with van der Waals surface area (Å²) in [4.78, 5) is 22.1. The predicted octanol–water partition coefficient (Wildman–Crippen LogP) is 1.22. The van der Waals surface area contributed by atoms with Gasteiger partial charge in [-0.15, -0.1) is 0 Å². The molecule has 1 fully saturated rings. The molecular weight excluding hydrogens is 204 g/mol. The summed E-state index contributed by atoms with van der Waals surface area (Å²) < 4.78 is 0. The first-order chi connectivity index (χ1) is 6.68. The van der Waals surface area contributed by atoms with Gasteiger partial charge in [-0.3, -0.25) is 10.1 Å². The number of benzene rings is 1. The second-order valence-corrected chi connectivity index (χ2v) is 3.32. The molecule has 0 aliphatic carbocycles. The molecule has 4 nitrogen and oxygen atoms in total. The van der Waals surface area contributed by atoms with Crippen LogP contribution < -0.4 is 10.6 Å². The summed E-state index contributed by atoms with van der Waals surface area (Å²) in [5.41, 5.74) is 0.609. The molecular formula is C9H7ClN2O2. The predicted molar refractivity (Wildman–Crippen MR) is 50.9 cm³/mol. The van der Waals surface area contributed by atoms with Crippen molar-refractivity contribution in [3.8, 4) is 0 Å². The number of carbonyl (C=O) groups excluding carboxylic acids is 2. The van der Waals surface area contributed by atoms with Gasteiger partial charge in [0.25, 0.3) is 5.91 Å². The van der Waals surface area contributed by atoms with Crippen LogP contribution in [-0.4, -0.2) is 11.9 Å². The van der Waals surface area contributed by atoms with Gasteiger partial charge in [-0.05, 0) is 6.07 Å². The van der Waals surface area contributed by atoms with Crippen molar-refractivity contribution in [1.29, 1.82) is 0 Å². The third-order valence-corrected chi connectivity index (χ3v) is 2.33. The van der Waals surface area contributed by atoms with E-state index in [1.165, 1.54) is 0 Å². The zero-order valence-electron chi connectivity index (χ0n) is 7.08. The van der Waals surface area contributed by atoms with Crippen molar-refractivity contribution < 1.29 is 9.59 Å². The topological polar surface area (TPSA) is 58.2 Å². The van der Waals surface area contributed by atoms with E-state index in [1.807, 2.05) is 0 Å². The molecule has 2 rings (SSSR count). The smallest absolute Gasteiger partial charge is 0.322 e. The number of rotatable bonds is 1. The maximum atomic E-state index is 11.3. The molecule has 0 spiro atoms. The second-order valence-electron chi connectivity index (χ2n) is 2.92. The fraction of sp³-hybridized carbons (Fsp3) is 0.111. The minimum Gasteiger partial charge on any atom is -0.322 e. The summed E-state index contributed by atoms with van der Waals surface area (Å²) in [5.74, 6) is -0.372. The van der Waals surface area contributed by atoms with Crippen LogP contribution in [0.1, 0.15) is 11.6 Å². The van der Waals surface area contributed by atoms with Gasteiger partial charge in [0.2, 0.25) is 0 Å². The van der Waals surface area contributed by atoms with Crippen LogP contribution in [0.15, 0.2) is 24.3 Å². The minimum absolute atomic E-state index is 0.372. The molecule has 1 aliphatic heterocycles. The highest BCUT2D eigenvalue weighted by Gasteiger charge is 2.31. The van der Waals surface area contributed by atoms with Crippen LogP contribution in [0.5, 0.6) is 0 Å². The lowest BCUT2D eigenvalue weighted by Gasteiger charge is -2.08. The zero-order chi connectivity index (χ0) is 10.1. The summed E-state index contributed by atoms with van der Waals surface area (Å²) in [6, 6.07) is 5.75. The Hall–Kier alpha value is -1.55. The van der Waals surface area contributed by atoms with Gasteiger partial charge < -0.3 is 5.32 Å². The molecule has 1 atom stereocenters. The Labute approximate surface area is 85.2 Å². The number of halogens is 1. The molecule has 1 aromatic rings. The molecule has 1 aromatic carbocycles. The van der Waals surface area contributed by atoms with E-state index in [0.717, 1.165) is 0 Å². The van der Waals surface area contributed by atoms with E-state index < -0.39 is 12.1 Å². The van der Waals surface area contributed by atoms with Crippen molar-refractivity contribution in [2.24, 2.45) is 0 Å². The molecule has 0 bridgehead atoms. The molecule has 1 heterocycles. The lowest BCUT2D eigenvalue weighted by atomic mass is 10.1. The normalized spacial score (nSPS) is 20.5. The van der Waals surface area contributed by atoms with Gasteiger partial charge in [-0.2, -0.15) is 0 Å². The lowest BCUT2D eigenvalue weighted by Crippen LogP contribution is -2.22. The molecule has 1 saturated heterocycles. The third-order valence-electron chi connectivity index (χ3n) is 1.99. The molecule has 0 saturated carbocycles. The summed E-state index contributed by atoms with van der Waals surface area (Å²) in [6.07, 6.45) is 0. The molecule has 5 heteroatoms. The van der Waals surface area contributed by atoms with Crippen molar-refractivity contribution in [1.82, 2.24) is 10.6 Å². The van der Waals surface area contributed by atoms with Gasteiger partial charge >= 0.3 is 6.03 Å². The Kier molecular flexibility index (Phi) is 2.13. The molecule has 3 amide bonds. The van der Waals surface area contributed by atoms with E-state index in [2.05, 4.69) is 10.6 Å². The quantitative estimate of drug-likeness (QED) is 0.685. The van der Waals surface area contributed by atoms with Gasteiger partial charge in [0.1, 0.15) is 6.04 Å². The highest BCUT2D eigenvalue weighted by Crippen LogP contribution is 2.24. The Morgan fingerprint density at radius 2 is 1.93 bits per heavy atom. The van der Waals surface area contributed by atoms with Gasteiger partial charge in [-0.25, -0.2) is 4.79 Å². The standard InChI is InChI=1S/C9H7ClN2O2/c10-6-4-2-1-3-5(6)7-8(13)12-9(14)11-7/h1-4,7H,(H2,11,12,13,14)/t7-/m0/s1. The number of carbonyl (C=O) groups is 2. The van der Waals surface area contributed by atoms with E-state index in [-0.39, 0.29) is 5.91 Å². The zero-order valence-corrected chi connectivity index (χ0v) is 7.84. The number of amides is 3. The van der Waals surface area contributed by atoms with Crippen molar-refractivity contribution >= 4 is 23.5 Å². The van der Waals surface area contributed by atoms with Crippen molar-refractivity contribution in [2.45, 2.75) is 6.04 Å². The van der Waals surface area contributed by atoms with Gasteiger partial charge in [0.05, 0.1) is 0 Å². The first kappa shape index (κ1) is 9.02. The maximum Gasteiger partial charge on any atom is 0.322 e. The molecule has 14 heavy (non-hydrogen) atoms. The fourth-order valence-corrected chi connectivity index (χ4v) is 1.59. The average molecular weight is 211 g/mol. The molecule has 0 unspecified atom stereocenters. The number of nitrogens with one attached hydrogen (secondary N) is 2. The number of urea groups is 1. The Balaban J connectivity index is 2.36. The summed E-state index contributed by atoms with van der Waals surface area (Å²) in [7, 11) is 0. The SMILES string of the molecule is O=C1NC(=O)[C@H](c2ccccc2Cl)N1. The molecule has 0 radical (unpaired) electrons. The molecule has 0 aromatic heterocycles. The van der Waals surface area contributed by atoms with Crippen LogP contribution >= 0.6 is 11.6 Å². The third kappa shape index (κ3) is 1.44. The summed E-state index contributed by atoms with van der Waals surface area (Å²) >= 11 is 5.89. The average Bonchev–Trinajstić information content (AvgIpc) is 2.46. The van der Waals surface area contributed by atoms with Crippen LogP contribution in [0.2, 0.25) is 5.02 Å². The highest BCUT2D eigenvalue weighted by molar-refractivity contribution is 6.31. The maximum absolute atomic E-state index is 11.3. The van der Waals surface area contributed by atoms with E-state index in [9.17, 15) is 9.59 Å². The fourth-order valence-electron chi connectivity index (χ4n) is 1.34. The first-order valence-corrected chi connectivity index (χ1v) is 4.42. The Bertz CT molecular complexity index is 406. The molecule has 72 valence electrons. The number of hydrogen-bond acceptors (Lipinski definition) is 2. The molecule has 2 N–H and O–H groups in total. The van der Waals surface area contributed by atoms with E-state index >= 15 is 0 Å². The van der Waals surface area contributed by atoms with Crippen LogP contribution in [0.4, 0.5) is 4.79 Å². The van der Waals surface area contributed by atoms with Crippen LogP contribution in [-0.2, 0) is 4.79 Å². The summed E-state index contributed by atoms with van der Waals surface area (Å²) in [5, 5.41) is 5.09. The largest absolute Gasteiger partial charge is 0.322 e.